The van der Waals surface area contributed by atoms with Gasteiger partial charge in [0.2, 0.25) is 0 Å². The van der Waals surface area contributed by atoms with Gasteiger partial charge in [0.1, 0.15) is 5.83 Å². The zero-order valence-electron chi connectivity index (χ0n) is 15.4. The average molecular weight is 334 g/mol. The molecule has 0 aromatic rings. The van der Waals surface area contributed by atoms with E-state index >= 15 is 4.39 Å². The number of allylic oxidation sites excluding steroid dienone is 1. The Morgan fingerprint density at radius 1 is 1.08 bits per heavy atom. The van der Waals surface area contributed by atoms with Crippen LogP contribution >= 0.6 is 0 Å². The van der Waals surface area contributed by atoms with Crippen LogP contribution in [0.15, 0.2) is 11.4 Å². The first-order valence-corrected chi connectivity index (χ1v) is 9.87. The van der Waals surface area contributed by atoms with Crippen LogP contribution in [0.1, 0.15) is 71.6 Å². The largest absolute Gasteiger partial charge is 0.466 e. The topological polar surface area (TPSA) is 26.3 Å². The molecule has 3 fully saturated rings. The van der Waals surface area contributed by atoms with E-state index in [1.54, 1.807) is 0 Å². The normalized spacial score (nSPS) is 47.7. The summed E-state index contributed by atoms with van der Waals surface area (Å²) in [6, 6.07) is 0. The molecule has 0 aliphatic heterocycles. The van der Waals surface area contributed by atoms with E-state index in [0.717, 1.165) is 31.1 Å². The van der Waals surface area contributed by atoms with E-state index in [1.807, 2.05) is 0 Å². The lowest BCUT2D eigenvalue weighted by molar-refractivity contribution is -0.137. The average Bonchev–Trinajstić information content (AvgIpc) is 2.96. The second-order valence-electron chi connectivity index (χ2n) is 9.42. The van der Waals surface area contributed by atoms with E-state index in [0.29, 0.717) is 23.3 Å². The highest BCUT2D eigenvalue weighted by atomic mass is 19.1. The molecule has 0 saturated heterocycles. The van der Waals surface area contributed by atoms with Crippen molar-refractivity contribution >= 4 is 5.97 Å². The number of esters is 1. The predicted octanol–water partition coefficient (Wildman–Crippen LogP) is 5.43. The molecule has 0 spiro atoms. The van der Waals surface area contributed by atoms with Crippen LogP contribution in [0, 0.1) is 34.5 Å². The fourth-order valence-corrected chi connectivity index (χ4v) is 7.27. The minimum Gasteiger partial charge on any atom is -0.466 e. The monoisotopic (exact) mass is 334 g/mol. The number of methoxy groups -OCH3 is 1. The first-order chi connectivity index (χ1) is 11.4. The first kappa shape index (κ1) is 16.6. The van der Waals surface area contributed by atoms with Crippen molar-refractivity contribution in [2.45, 2.75) is 71.6 Å². The maximum atomic E-state index is 15.1. The van der Waals surface area contributed by atoms with Crippen LogP contribution < -0.4 is 0 Å². The van der Waals surface area contributed by atoms with Crippen molar-refractivity contribution in [1.82, 2.24) is 0 Å². The van der Waals surface area contributed by atoms with E-state index in [2.05, 4.69) is 13.8 Å². The molecule has 3 heteroatoms. The van der Waals surface area contributed by atoms with Gasteiger partial charge in [-0.1, -0.05) is 20.3 Å². The number of ether oxygens (including phenoxy) is 1. The SMILES string of the molecule is COC(=O)C1=C(F)[C@@H]2CC[C@H]3[C@@H]4CCC[C@@]4(C)CC[C@@H]3[C@@]2(C)CC1. The van der Waals surface area contributed by atoms with Crippen LogP contribution in [0.3, 0.4) is 0 Å². The van der Waals surface area contributed by atoms with Gasteiger partial charge in [-0.15, -0.1) is 0 Å². The van der Waals surface area contributed by atoms with Gasteiger partial charge in [-0.3, -0.25) is 0 Å². The zero-order chi connectivity index (χ0) is 17.1. The number of fused-ring (bicyclic) bond motifs is 5. The van der Waals surface area contributed by atoms with Crippen molar-refractivity contribution in [2.75, 3.05) is 7.11 Å². The summed E-state index contributed by atoms with van der Waals surface area (Å²) in [5, 5.41) is 0. The molecule has 6 atom stereocenters. The maximum Gasteiger partial charge on any atom is 0.336 e. The van der Waals surface area contributed by atoms with Gasteiger partial charge in [0, 0.05) is 5.92 Å². The number of carbonyl (C=O) groups excluding carboxylic acids is 1. The molecule has 2 nitrogen and oxygen atoms in total. The van der Waals surface area contributed by atoms with Gasteiger partial charge in [0.05, 0.1) is 12.7 Å². The molecule has 0 unspecified atom stereocenters. The second-order valence-corrected chi connectivity index (χ2v) is 9.42. The Balaban J connectivity index is 1.65. The molecule has 24 heavy (non-hydrogen) atoms. The van der Waals surface area contributed by atoms with Gasteiger partial charge in [0.15, 0.2) is 0 Å². The summed E-state index contributed by atoms with van der Waals surface area (Å²) in [6.45, 7) is 4.83. The molecular formula is C21H31FO2. The summed E-state index contributed by atoms with van der Waals surface area (Å²) >= 11 is 0. The minimum absolute atomic E-state index is 0.0362. The first-order valence-electron chi connectivity index (χ1n) is 9.87. The van der Waals surface area contributed by atoms with Crippen molar-refractivity contribution < 1.29 is 13.9 Å². The van der Waals surface area contributed by atoms with Crippen LogP contribution in [0.2, 0.25) is 0 Å². The smallest absolute Gasteiger partial charge is 0.336 e. The number of rotatable bonds is 1. The van der Waals surface area contributed by atoms with Crippen molar-refractivity contribution in [3.05, 3.63) is 11.4 Å². The third-order valence-electron chi connectivity index (χ3n) is 8.59. The standard InChI is InChI=1S/C21H31FO2/c1-20-10-4-5-15(20)13-6-7-17-18(22)14(19(23)24-3)8-12-21(17,2)16(13)9-11-20/h13,15-17H,4-12H2,1-3H3/t13-,15-,16-,17-,20-,21+/m0/s1. The van der Waals surface area contributed by atoms with Crippen LogP contribution in [0.25, 0.3) is 0 Å². The highest BCUT2D eigenvalue weighted by Gasteiger charge is 2.58. The summed E-state index contributed by atoms with van der Waals surface area (Å²) in [6.07, 6.45) is 10.3. The van der Waals surface area contributed by atoms with Crippen LogP contribution in [0.5, 0.6) is 0 Å². The fraction of sp³-hybridized carbons (Fsp3) is 0.857. The van der Waals surface area contributed by atoms with E-state index in [1.165, 1.54) is 39.2 Å². The Hall–Kier alpha value is -0.860. The van der Waals surface area contributed by atoms with Gasteiger partial charge < -0.3 is 4.74 Å². The number of carbonyl (C=O) groups is 1. The van der Waals surface area contributed by atoms with Crippen LogP contribution in [-0.2, 0) is 9.53 Å². The van der Waals surface area contributed by atoms with Gasteiger partial charge in [-0.25, -0.2) is 9.18 Å². The molecule has 4 aliphatic rings. The molecule has 0 heterocycles. The lowest BCUT2D eigenvalue weighted by atomic mass is 9.46. The Morgan fingerprint density at radius 2 is 1.88 bits per heavy atom. The van der Waals surface area contributed by atoms with Crippen molar-refractivity contribution in [3.8, 4) is 0 Å². The lowest BCUT2D eigenvalue weighted by Gasteiger charge is -2.59. The third-order valence-corrected chi connectivity index (χ3v) is 8.59. The minimum atomic E-state index is -0.455. The molecule has 3 saturated carbocycles. The summed E-state index contributed by atoms with van der Waals surface area (Å²) in [4.78, 5) is 11.9. The van der Waals surface area contributed by atoms with E-state index in [4.69, 9.17) is 4.74 Å². The summed E-state index contributed by atoms with van der Waals surface area (Å²) in [7, 11) is 1.36. The second kappa shape index (κ2) is 5.57. The molecule has 134 valence electrons. The van der Waals surface area contributed by atoms with Gasteiger partial charge in [-0.05, 0) is 80.0 Å². The van der Waals surface area contributed by atoms with Crippen LogP contribution in [-0.4, -0.2) is 13.1 Å². The molecule has 4 aliphatic carbocycles. The third kappa shape index (κ3) is 2.15. The Bertz CT molecular complexity index is 582. The highest BCUT2D eigenvalue weighted by molar-refractivity contribution is 5.89. The van der Waals surface area contributed by atoms with E-state index in [9.17, 15) is 4.79 Å². The van der Waals surface area contributed by atoms with E-state index < -0.39 is 5.97 Å². The quantitative estimate of drug-likeness (QED) is 0.598. The number of halogens is 1. The van der Waals surface area contributed by atoms with Crippen LogP contribution in [0.4, 0.5) is 4.39 Å². The zero-order valence-corrected chi connectivity index (χ0v) is 15.4. The molecular weight excluding hydrogens is 303 g/mol. The molecule has 4 rings (SSSR count). The lowest BCUT2D eigenvalue weighted by Crippen LogP contribution is -2.52. The summed E-state index contributed by atoms with van der Waals surface area (Å²) in [5.74, 6) is 1.60. The molecule has 0 N–H and O–H groups in total. The molecule has 0 amide bonds. The van der Waals surface area contributed by atoms with Crippen molar-refractivity contribution in [3.63, 3.8) is 0 Å². The Morgan fingerprint density at radius 3 is 2.62 bits per heavy atom. The number of hydrogen-bond acceptors (Lipinski definition) is 2. The maximum absolute atomic E-state index is 15.1. The molecule has 0 bridgehead atoms. The number of hydrogen-bond donors (Lipinski definition) is 0. The van der Waals surface area contributed by atoms with Gasteiger partial charge >= 0.3 is 5.97 Å². The Labute approximate surface area is 145 Å². The predicted molar refractivity (Wildman–Crippen MR) is 91.9 cm³/mol. The van der Waals surface area contributed by atoms with Gasteiger partial charge in [0.25, 0.3) is 0 Å². The van der Waals surface area contributed by atoms with Crippen molar-refractivity contribution in [1.29, 1.82) is 0 Å². The Kier molecular flexibility index (Phi) is 3.85. The molecule has 0 radical (unpaired) electrons. The summed E-state index contributed by atoms with van der Waals surface area (Å²) in [5.41, 5.74) is 0.902. The molecule has 0 aromatic carbocycles. The van der Waals surface area contributed by atoms with Crippen molar-refractivity contribution in [2.24, 2.45) is 34.5 Å². The van der Waals surface area contributed by atoms with E-state index in [-0.39, 0.29) is 17.2 Å². The summed E-state index contributed by atoms with van der Waals surface area (Å²) < 4.78 is 20.0. The molecule has 0 aromatic heterocycles. The van der Waals surface area contributed by atoms with Gasteiger partial charge in [-0.2, -0.15) is 0 Å². The fourth-order valence-electron chi connectivity index (χ4n) is 7.27. The highest BCUT2D eigenvalue weighted by Crippen LogP contribution is 2.66.